The Morgan fingerprint density at radius 1 is 1.21 bits per heavy atom. The summed E-state index contributed by atoms with van der Waals surface area (Å²) < 4.78 is 9.91. The zero-order valence-corrected chi connectivity index (χ0v) is 16.3. The number of aromatic nitrogens is 2. The first-order valence-corrected chi connectivity index (χ1v) is 9.54. The molecule has 0 saturated carbocycles. The number of nitrogens with one attached hydrogen (secondary N) is 1. The Labute approximate surface area is 168 Å². The summed E-state index contributed by atoms with van der Waals surface area (Å²) >= 11 is 0. The highest BCUT2D eigenvalue weighted by Crippen LogP contribution is 2.34. The van der Waals surface area contributed by atoms with Crippen LogP contribution in [0.5, 0.6) is 0 Å². The minimum absolute atomic E-state index is 0.0789. The number of hydrogen-bond acceptors (Lipinski definition) is 6. The SMILES string of the molecule is CCc1nc(-c2ccc3c(c2)CC[C@H]3NC(=O)c2cccc(C(=O)OC)c2)no1. The third kappa shape index (κ3) is 3.76. The molecule has 7 nitrogen and oxygen atoms in total. The molecule has 0 saturated heterocycles. The molecule has 0 radical (unpaired) electrons. The van der Waals surface area contributed by atoms with Crippen LogP contribution in [-0.2, 0) is 17.6 Å². The molecule has 1 heterocycles. The molecule has 3 aromatic rings. The van der Waals surface area contributed by atoms with Crippen molar-refractivity contribution in [1.29, 1.82) is 0 Å². The van der Waals surface area contributed by atoms with Gasteiger partial charge < -0.3 is 14.6 Å². The lowest BCUT2D eigenvalue weighted by molar-refractivity contribution is 0.0600. The number of esters is 1. The standard InChI is InChI=1S/C22H21N3O4/c1-3-19-24-20(25-29-19)14-7-9-17-13(11-14)8-10-18(17)23-21(26)15-5-4-6-16(12-15)22(27)28-2/h4-7,9,11-12,18H,3,8,10H2,1-2H3,(H,23,26)/t18-/m1/s1. The van der Waals surface area contributed by atoms with Crippen LogP contribution in [0.25, 0.3) is 11.4 Å². The Hall–Kier alpha value is -3.48. The van der Waals surface area contributed by atoms with Gasteiger partial charge in [0.25, 0.3) is 5.91 Å². The second kappa shape index (κ2) is 7.87. The molecule has 0 bridgehead atoms. The van der Waals surface area contributed by atoms with Gasteiger partial charge in [0.2, 0.25) is 11.7 Å². The number of benzene rings is 2. The van der Waals surface area contributed by atoms with Crippen LogP contribution in [0.15, 0.2) is 47.0 Å². The van der Waals surface area contributed by atoms with Crippen molar-refractivity contribution < 1.29 is 18.8 Å². The number of hydrogen-bond donors (Lipinski definition) is 1. The fraction of sp³-hybridized carbons (Fsp3) is 0.273. The van der Waals surface area contributed by atoms with Gasteiger partial charge in [-0.3, -0.25) is 4.79 Å². The van der Waals surface area contributed by atoms with E-state index in [1.54, 1.807) is 24.3 Å². The number of ether oxygens (including phenoxy) is 1. The second-order valence-electron chi connectivity index (χ2n) is 6.92. The highest BCUT2D eigenvalue weighted by atomic mass is 16.5. The maximum atomic E-state index is 12.7. The van der Waals surface area contributed by atoms with Gasteiger partial charge in [-0.1, -0.05) is 30.3 Å². The molecule has 1 aliphatic rings. The van der Waals surface area contributed by atoms with Crippen molar-refractivity contribution in [2.75, 3.05) is 7.11 Å². The summed E-state index contributed by atoms with van der Waals surface area (Å²) in [6, 6.07) is 12.5. The average Bonchev–Trinajstić information content (AvgIpc) is 3.40. The molecular weight excluding hydrogens is 370 g/mol. The predicted octanol–water partition coefficient (Wildman–Crippen LogP) is 3.50. The van der Waals surface area contributed by atoms with Crippen molar-refractivity contribution in [2.45, 2.75) is 32.2 Å². The van der Waals surface area contributed by atoms with Crippen LogP contribution in [0, 0.1) is 0 Å². The molecular formula is C22H21N3O4. The smallest absolute Gasteiger partial charge is 0.337 e. The van der Waals surface area contributed by atoms with Gasteiger partial charge in [-0.05, 0) is 48.2 Å². The van der Waals surface area contributed by atoms with Crippen LogP contribution < -0.4 is 5.32 Å². The molecule has 1 N–H and O–H groups in total. The first-order chi connectivity index (χ1) is 14.1. The Bertz CT molecular complexity index is 1070. The molecule has 1 atom stereocenters. The zero-order valence-electron chi connectivity index (χ0n) is 16.3. The number of rotatable bonds is 5. The molecule has 0 unspecified atom stereocenters. The molecule has 29 heavy (non-hydrogen) atoms. The topological polar surface area (TPSA) is 94.3 Å². The lowest BCUT2D eigenvalue weighted by atomic mass is 10.0. The summed E-state index contributed by atoms with van der Waals surface area (Å²) in [6.07, 6.45) is 2.37. The number of nitrogens with zero attached hydrogens (tertiary/aromatic N) is 2. The van der Waals surface area contributed by atoms with Crippen molar-refractivity contribution in [3.8, 4) is 11.4 Å². The highest BCUT2D eigenvalue weighted by molar-refractivity contribution is 5.98. The molecule has 1 aliphatic carbocycles. The normalized spacial score (nSPS) is 15.0. The van der Waals surface area contributed by atoms with Gasteiger partial charge in [-0.15, -0.1) is 0 Å². The summed E-state index contributed by atoms with van der Waals surface area (Å²) in [6.45, 7) is 1.97. The predicted molar refractivity (Wildman–Crippen MR) is 105 cm³/mol. The van der Waals surface area contributed by atoms with Crippen LogP contribution in [0.4, 0.5) is 0 Å². The van der Waals surface area contributed by atoms with Crippen LogP contribution in [0.1, 0.15) is 57.1 Å². The quantitative estimate of drug-likeness (QED) is 0.669. The molecule has 0 aliphatic heterocycles. The van der Waals surface area contributed by atoms with Gasteiger partial charge in [0.1, 0.15) is 0 Å². The molecule has 0 spiro atoms. The summed E-state index contributed by atoms with van der Waals surface area (Å²) in [5.74, 6) is 0.506. The van der Waals surface area contributed by atoms with Gasteiger partial charge in [-0.2, -0.15) is 4.98 Å². The number of amides is 1. The molecule has 4 rings (SSSR count). The van der Waals surface area contributed by atoms with Crippen molar-refractivity contribution in [3.63, 3.8) is 0 Å². The lowest BCUT2D eigenvalue weighted by Crippen LogP contribution is -2.27. The third-order valence-corrected chi connectivity index (χ3v) is 5.10. The molecule has 148 valence electrons. The number of carbonyl (C=O) groups excluding carboxylic acids is 2. The van der Waals surface area contributed by atoms with Gasteiger partial charge in [-0.25, -0.2) is 4.79 Å². The fourth-order valence-corrected chi connectivity index (χ4v) is 3.57. The number of aryl methyl sites for hydroxylation is 2. The first-order valence-electron chi connectivity index (χ1n) is 9.54. The monoisotopic (exact) mass is 391 g/mol. The van der Waals surface area contributed by atoms with E-state index >= 15 is 0 Å². The van der Waals surface area contributed by atoms with E-state index in [1.807, 2.05) is 19.1 Å². The molecule has 2 aromatic carbocycles. The van der Waals surface area contributed by atoms with Crippen LogP contribution >= 0.6 is 0 Å². The number of carbonyl (C=O) groups is 2. The van der Waals surface area contributed by atoms with E-state index in [0.717, 1.165) is 24.0 Å². The van der Waals surface area contributed by atoms with Gasteiger partial charge in [0.05, 0.1) is 18.7 Å². The number of methoxy groups -OCH3 is 1. The highest BCUT2D eigenvalue weighted by Gasteiger charge is 2.25. The molecule has 0 fully saturated rings. The van der Waals surface area contributed by atoms with Crippen molar-refractivity contribution in [1.82, 2.24) is 15.5 Å². The summed E-state index contributed by atoms with van der Waals surface area (Å²) in [7, 11) is 1.32. The van der Waals surface area contributed by atoms with E-state index < -0.39 is 5.97 Å². The Balaban J connectivity index is 1.51. The van der Waals surface area contributed by atoms with Crippen molar-refractivity contribution in [3.05, 3.63) is 70.6 Å². The maximum absolute atomic E-state index is 12.7. The van der Waals surface area contributed by atoms with E-state index in [-0.39, 0.29) is 11.9 Å². The summed E-state index contributed by atoms with van der Waals surface area (Å²) in [5, 5.41) is 7.09. The molecule has 7 heteroatoms. The largest absolute Gasteiger partial charge is 0.465 e. The van der Waals surface area contributed by atoms with Gasteiger partial charge in [0.15, 0.2) is 0 Å². The lowest BCUT2D eigenvalue weighted by Gasteiger charge is -2.15. The van der Waals surface area contributed by atoms with Gasteiger partial charge in [0, 0.05) is 17.5 Å². The summed E-state index contributed by atoms with van der Waals surface area (Å²) in [5.41, 5.74) is 3.94. The average molecular weight is 391 g/mol. The maximum Gasteiger partial charge on any atom is 0.337 e. The Morgan fingerprint density at radius 3 is 2.79 bits per heavy atom. The van der Waals surface area contributed by atoms with Crippen molar-refractivity contribution in [2.24, 2.45) is 0 Å². The van der Waals surface area contributed by atoms with Crippen LogP contribution in [-0.4, -0.2) is 29.1 Å². The Kier molecular flexibility index (Phi) is 5.12. The number of fused-ring (bicyclic) bond motifs is 1. The van der Waals surface area contributed by atoms with Gasteiger partial charge >= 0.3 is 5.97 Å². The van der Waals surface area contributed by atoms with Crippen molar-refractivity contribution >= 4 is 11.9 Å². The fourth-order valence-electron chi connectivity index (χ4n) is 3.57. The third-order valence-electron chi connectivity index (χ3n) is 5.10. The molecule has 1 aromatic heterocycles. The Morgan fingerprint density at radius 2 is 2.03 bits per heavy atom. The summed E-state index contributed by atoms with van der Waals surface area (Å²) in [4.78, 5) is 28.8. The van der Waals surface area contributed by atoms with Crippen LogP contribution in [0.3, 0.4) is 0 Å². The minimum atomic E-state index is -0.467. The second-order valence-corrected chi connectivity index (χ2v) is 6.92. The first kappa shape index (κ1) is 18.9. The van der Waals surface area contributed by atoms with E-state index in [0.29, 0.717) is 29.3 Å². The zero-order chi connectivity index (χ0) is 20.4. The molecule has 1 amide bonds. The van der Waals surface area contributed by atoms with Crippen LogP contribution in [0.2, 0.25) is 0 Å². The van der Waals surface area contributed by atoms with E-state index in [2.05, 4.69) is 21.5 Å². The van der Waals surface area contributed by atoms with E-state index in [1.165, 1.54) is 12.7 Å². The minimum Gasteiger partial charge on any atom is -0.465 e. The van der Waals surface area contributed by atoms with E-state index in [9.17, 15) is 9.59 Å². The van der Waals surface area contributed by atoms with E-state index in [4.69, 9.17) is 9.26 Å².